The second-order valence-electron chi connectivity index (χ2n) is 8.11. The van der Waals surface area contributed by atoms with E-state index >= 15 is 0 Å². The lowest BCUT2D eigenvalue weighted by Crippen LogP contribution is -2.27. The normalized spacial score (nSPS) is 18.9. The first kappa shape index (κ1) is 22.7. The molecule has 0 atom stereocenters. The van der Waals surface area contributed by atoms with Gasteiger partial charge in [-0.25, -0.2) is 22.0 Å². The van der Waals surface area contributed by atoms with E-state index in [1.807, 2.05) is 0 Å². The van der Waals surface area contributed by atoms with Crippen molar-refractivity contribution < 1.29 is 31.4 Å². The van der Waals surface area contributed by atoms with Crippen LogP contribution in [0.4, 0.5) is 22.0 Å². The van der Waals surface area contributed by atoms with Gasteiger partial charge in [-0.15, -0.1) is 0 Å². The molecule has 7 heteroatoms. The highest BCUT2D eigenvalue weighted by atomic mass is 19.2. The van der Waals surface area contributed by atoms with E-state index in [2.05, 4.69) is 6.92 Å². The summed E-state index contributed by atoms with van der Waals surface area (Å²) < 4.78 is 82.0. The third kappa shape index (κ3) is 4.36. The van der Waals surface area contributed by atoms with Crippen LogP contribution < -0.4 is 0 Å². The number of rotatable bonds is 6. The summed E-state index contributed by atoms with van der Waals surface area (Å²) in [5.41, 5.74) is 0.0667. The monoisotopic (exact) mass is 450 g/mol. The maximum atomic E-state index is 14.9. The molecule has 2 nitrogen and oxygen atoms in total. The van der Waals surface area contributed by atoms with Gasteiger partial charge in [0.25, 0.3) is 0 Å². The Kier molecular flexibility index (Phi) is 6.76. The van der Waals surface area contributed by atoms with Crippen LogP contribution in [0.15, 0.2) is 36.4 Å². The number of hydrogen-bond acceptors (Lipinski definition) is 2. The molecule has 0 aliphatic carbocycles. The predicted molar refractivity (Wildman–Crippen MR) is 111 cm³/mol. The van der Waals surface area contributed by atoms with Gasteiger partial charge < -0.3 is 9.47 Å². The second kappa shape index (κ2) is 9.55. The Bertz CT molecular complexity index is 1120. The van der Waals surface area contributed by atoms with Crippen LogP contribution in [0.3, 0.4) is 0 Å². The Morgan fingerprint density at radius 2 is 1.56 bits per heavy atom. The minimum atomic E-state index is -1.58. The summed E-state index contributed by atoms with van der Waals surface area (Å²) in [6, 6.07) is 7.39. The zero-order valence-corrected chi connectivity index (χ0v) is 17.6. The van der Waals surface area contributed by atoms with E-state index in [1.54, 1.807) is 0 Å². The lowest BCUT2D eigenvalue weighted by atomic mass is 9.98. The number of unbranched alkanes of at least 4 members (excludes halogenated alkanes) is 2. The van der Waals surface area contributed by atoms with Gasteiger partial charge in [-0.05, 0) is 29.5 Å². The topological polar surface area (TPSA) is 18.5 Å². The van der Waals surface area contributed by atoms with Crippen LogP contribution in [0.25, 0.3) is 21.9 Å². The van der Waals surface area contributed by atoms with Crippen LogP contribution in [0, 0.1) is 35.0 Å². The maximum absolute atomic E-state index is 14.9. The predicted octanol–water partition coefficient (Wildman–Crippen LogP) is 7.44. The molecule has 3 aromatic carbocycles. The average molecular weight is 450 g/mol. The molecule has 1 aliphatic rings. The zero-order valence-electron chi connectivity index (χ0n) is 17.6. The second-order valence-corrected chi connectivity index (χ2v) is 8.11. The molecule has 0 amide bonds. The molecule has 0 unspecified atom stereocenters. The Hall–Kier alpha value is -2.51. The highest BCUT2D eigenvalue weighted by Gasteiger charge is 2.28. The van der Waals surface area contributed by atoms with Crippen molar-refractivity contribution in [3.8, 4) is 11.1 Å². The van der Waals surface area contributed by atoms with Crippen molar-refractivity contribution in [2.24, 2.45) is 5.92 Å². The molecule has 1 aliphatic heterocycles. The summed E-state index contributed by atoms with van der Waals surface area (Å²) in [5, 5.41) is -0.113. The van der Waals surface area contributed by atoms with Crippen molar-refractivity contribution in [2.75, 3.05) is 13.2 Å². The highest BCUT2D eigenvalue weighted by Crippen LogP contribution is 2.35. The van der Waals surface area contributed by atoms with Crippen LogP contribution in [0.5, 0.6) is 0 Å². The first-order valence-corrected chi connectivity index (χ1v) is 10.7. The minimum absolute atomic E-state index is 0.0378. The van der Waals surface area contributed by atoms with Crippen molar-refractivity contribution in [3.63, 3.8) is 0 Å². The Balaban J connectivity index is 1.57. The summed E-state index contributed by atoms with van der Waals surface area (Å²) in [7, 11) is 0. The molecule has 3 aromatic rings. The number of halogens is 5. The molecule has 0 N–H and O–H groups in total. The van der Waals surface area contributed by atoms with E-state index in [1.165, 1.54) is 30.3 Å². The van der Waals surface area contributed by atoms with Gasteiger partial charge >= 0.3 is 0 Å². The van der Waals surface area contributed by atoms with Crippen molar-refractivity contribution in [1.29, 1.82) is 0 Å². The van der Waals surface area contributed by atoms with Gasteiger partial charge in [-0.3, -0.25) is 0 Å². The molecule has 1 fully saturated rings. The average Bonchev–Trinajstić information content (AvgIpc) is 2.80. The van der Waals surface area contributed by atoms with Crippen molar-refractivity contribution in [2.45, 2.75) is 38.9 Å². The van der Waals surface area contributed by atoms with E-state index in [9.17, 15) is 22.0 Å². The molecule has 0 bridgehead atoms. The van der Waals surface area contributed by atoms with E-state index in [0.29, 0.717) is 13.2 Å². The SMILES string of the molecule is CCCCCC1COC(c2ccc(-c3ccc4c(F)c(F)c(F)cc4c3)c(F)c2F)OC1. The molecule has 0 radical (unpaired) electrons. The highest BCUT2D eigenvalue weighted by molar-refractivity contribution is 5.88. The fourth-order valence-electron chi connectivity index (χ4n) is 4.01. The summed E-state index contributed by atoms with van der Waals surface area (Å²) in [5.74, 6) is -6.25. The number of hydrogen-bond donors (Lipinski definition) is 0. The Labute approximate surface area is 183 Å². The van der Waals surface area contributed by atoms with Crippen LogP contribution in [0.1, 0.15) is 44.5 Å². The summed E-state index contributed by atoms with van der Waals surface area (Å²) in [6.45, 7) is 2.95. The lowest BCUT2D eigenvalue weighted by molar-refractivity contribution is -0.207. The fraction of sp³-hybridized carbons (Fsp3) is 0.360. The zero-order chi connectivity index (χ0) is 22.8. The van der Waals surface area contributed by atoms with Gasteiger partial charge in [0.05, 0.1) is 13.2 Å². The van der Waals surface area contributed by atoms with Gasteiger partial charge in [0, 0.05) is 22.4 Å². The van der Waals surface area contributed by atoms with Crippen LogP contribution in [-0.4, -0.2) is 13.2 Å². The molecule has 1 heterocycles. The van der Waals surface area contributed by atoms with Gasteiger partial charge in [-0.1, -0.05) is 50.5 Å². The maximum Gasteiger partial charge on any atom is 0.195 e. The van der Waals surface area contributed by atoms with Crippen molar-refractivity contribution >= 4 is 10.8 Å². The molecule has 4 rings (SSSR count). The molecule has 170 valence electrons. The van der Waals surface area contributed by atoms with Crippen LogP contribution in [-0.2, 0) is 9.47 Å². The molecule has 1 saturated heterocycles. The largest absolute Gasteiger partial charge is 0.348 e. The standard InChI is InChI=1S/C25H23F5O2/c1-2-3-4-5-14-12-31-25(32-13-14)19-9-8-17(21(27)23(19)29)15-6-7-18-16(10-15)11-20(26)24(30)22(18)28/h6-11,14,25H,2-5,12-13H2,1H3. The molecule has 0 spiro atoms. The van der Waals surface area contributed by atoms with E-state index < -0.39 is 35.4 Å². The molecule has 0 saturated carbocycles. The number of benzene rings is 3. The Morgan fingerprint density at radius 1 is 0.812 bits per heavy atom. The van der Waals surface area contributed by atoms with E-state index in [4.69, 9.17) is 9.47 Å². The molecular formula is C25H23F5O2. The third-order valence-electron chi connectivity index (χ3n) is 5.83. The van der Waals surface area contributed by atoms with Gasteiger partial charge in [0.2, 0.25) is 0 Å². The van der Waals surface area contributed by atoms with Crippen molar-refractivity contribution in [1.82, 2.24) is 0 Å². The van der Waals surface area contributed by atoms with E-state index in [0.717, 1.165) is 31.7 Å². The summed E-state index contributed by atoms with van der Waals surface area (Å²) in [4.78, 5) is 0. The Morgan fingerprint density at radius 3 is 2.28 bits per heavy atom. The number of fused-ring (bicyclic) bond motifs is 1. The van der Waals surface area contributed by atoms with Crippen LogP contribution >= 0.6 is 0 Å². The number of ether oxygens (including phenoxy) is 2. The quantitative estimate of drug-likeness (QED) is 0.221. The molecule has 32 heavy (non-hydrogen) atoms. The smallest absolute Gasteiger partial charge is 0.195 e. The first-order chi connectivity index (χ1) is 15.4. The van der Waals surface area contributed by atoms with Gasteiger partial charge in [-0.2, -0.15) is 0 Å². The molecule has 0 aromatic heterocycles. The van der Waals surface area contributed by atoms with Gasteiger partial charge in [0.15, 0.2) is 35.4 Å². The third-order valence-corrected chi connectivity index (χ3v) is 5.83. The van der Waals surface area contributed by atoms with E-state index in [-0.39, 0.29) is 33.4 Å². The fourth-order valence-corrected chi connectivity index (χ4v) is 4.01. The van der Waals surface area contributed by atoms with Gasteiger partial charge in [0.1, 0.15) is 0 Å². The van der Waals surface area contributed by atoms with Crippen LogP contribution in [0.2, 0.25) is 0 Å². The summed E-state index contributed by atoms with van der Waals surface area (Å²) in [6.07, 6.45) is 3.28. The van der Waals surface area contributed by atoms with Crippen molar-refractivity contribution in [3.05, 3.63) is 71.0 Å². The first-order valence-electron chi connectivity index (χ1n) is 10.7. The minimum Gasteiger partial charge on any atom is -0.348 e. The lowest BCUT2D eigenvalue weighted by Gasteiger charge is -2.30. The summed E-state index contributed by atoms with van der Waals surface area (Å²) >= 11 is 0. The molecular weight excluding hydrogens is 427 g/mol.